The summed E-state index contributed by atoms with van der Waals surface area (Å²) in [6, 6.07) is 14.9. The van der Waals surface area contributed by atoms with Gasteiger partial charge in [0, 0.05) is 56.0 Å². The van der Waals surface area contributed by atoms with Gasteiger partial charge in [-0.3, -0.25) is 9.69 Å². The summed E-state index contributed by atoms with van der Waals surface area (Å²) in [5, 5.41) is 0.582. The number of ether oxygens (including phenoxy) is 3. The maximum absolute atomic E-state index is 13.2. The van der Waals surface area contributed by atoms with Crippen LogP contribution in [0.25, 0.3) is 0 Å². The molecule has 2 aliphatic rings. The normalized spacial score (nSPS) is 18.1. The number of carbonyl (C=O) groups excluding carboxylic acids is 2. The fourth-order valence-corrected chi connectivity index (χ4v) is 5.41. The van der Waals surface area contributed by atoms with Gasteiger partial charge in [-0.25, -0.2) is 9.52 Å². The third-order valence-electron chi connectivity index (χ3n) is 6.33. The highest BCUT2D eigenvalue weighted by molar-refractivity contribution is 7.95. The molecule has 1 unspecified atom stereocenters. The minimum atomic E-state index is -0.433. The molecule has 1 atom stereocenters. The van der Waals surface area contributed by atoms with Gasteiger partial charge in [-0.05, 0) is 36.1 Å². The van der Waals surface area contributed by atoms with Crippen molar-refractivity contribution in [2.45, 2.75) is 32.4 Å². The molecule has 2 heterocycles. The molecule has 1 fully saturated rings. The number of esters is 2. The van der Waals surface area contributed by atoms with Crippen LogP contribution >= 0.6 is 23.7 Å². The van der Waals surface area contributed by atoms with Crippen LogP contribution in [0.2, 0.25) is 5.02 Å². The standard InChI is InChI=1S/C28H34ClN3O5S/c1-21-9-10-23(25(29)18-21)27-24(28(34)37-20-22-6-3-2-4-7-22)19-32(38-30-27)11-5-8-26(33)36-17-14-31-12-15-35-16-13-31/h2-4,6-7,9-10,18-19,27,30H,5,8,11-17,20H2,1H3. The summed E-state index contributed by atoms with van der Waals surface area (Å²) < 4.78 is 21.6. The van der Waals surface area contributed by atoms with E-state index in [9.17, 15) is 9.59 Å². The molecule has 0 amide bonds. The fraction of sp³-hybridized carbons (Fsp3) is 0.429. The van der Waals surface area contributed by atoms with Crippen molar-refractivity contribution in [1.29, 1.82) is 0 Å². The van der Waals surface area contributed by atoms with E-state index in [2.05, 4.69) is 9.62 Å². The van der Waals surface area contributed by atoms with Crippen molar-refractivity contribution in [3.05, 3.63) is 82.0 Å². The second kappa shape index (κ2) is 14.6. The van der Waals surface area contributed by atoms with Crippen molar-refractivity contribution < 1.29 is 23.8 Å². The van der Waals surface area contributed by atoms with Crippen LogP contribution in [0.4, 0.5) is 0 Å². The number of carbonyl (C=O) groups is 2. The lowest BCUT2D eigenvalue weighted by Crippen LogP contribution is -2.38. The van der Waals surface area contributed by atoms with Crippen LogP contribution in [-0.2, 0) is 30.4 Å². The number of benzene rings is 2. The van der Waals surface area contributed by atoms with Gasteiger partial charge in [0.2, 0.25) is 0 Å². The van der Waals surface area contributed by atoms with E-state index in [1.54, 1.807) is 6.20 Å². The van der Waals surface area contributed by atoms with Gasteiger partial charge >= 0.3 is 11.9 Å². The molecule has 8 nitrogen and oxygen atoms in total. The first kappa shape index (κ1) is 28.4. The number of nitrogens with one attached hydrogen (secondary N) is 1. The molecule has 0 radical (unpaired) electrons. The van der Waals surface area contributed by atoms with Crippen molar-refractivity contribution in [2.24, 2.45) is 0 Å². The summed E-state index contributed by atoms with van der Waals surface area (Å²) in [4.78, 5) is 27.7. The van der Waals surface area contributed by atoms with Gasteiger partial charge in [0.05, 0.1) is 24.8 Å². The Bertz CT molecular complexity index is 1110. The van der Waals surface area contributed by atoms with Crippen molar-refractivity contribution in [3.63, 3.8) is 0 Å². The molecule has 0 aliphatic carbocycles. The smallest absolute Gasteiger partial charge is 0.337 e. The molecule has 1 saturated heterocycles. The molecule has 1 N–H and O–H groups in total. The number of morpholine rings is 1. The van der Waals surface area contributed by atoms with Gasteiger partial charge < -0.3 is 18.5 Å². The number of rotatable bonds is 11. The van der Waals surface area contributed by atoms with Crippen LogP contribution in [0.5, 0.6) is 0 Å². The lowest BCUT2D eigenvalue weighted by atomic mass is 9.99. The number of hydrogen-bond acceptors (Lipinski definition) is 9. The SMILES string of the molecule is Cc1ccc(C2NSN(CCCC(=O)OCCN3CCOCC3)C=C2C(=O)OCc2ccccc2)c(Cl)c1. The Morgan fingerprint density at radius 1 is 1.11 bits per heavy atom. The molecule has 2 aromatic rings. The third kappa shape index (κ3) is 8.47. The Morgan fingerprint density at radius 2 is 1.89 bits per heavy atom. The number of hydrogen-bond donors (Lipinski definition) is 1. The number of halogens is 1. The minimum absolute atomic E-state index is 0.175. The van der Waals surface area contributed by atoms with E-state index in [1.807, 2.05) is 59.8 Å². The molecule has 10 heteroatoms. The van der Waals surface area contributed by atoms with Crippen molar-refractivity contribution in [1.82, 2.24) is 13.9 Å². The summed E-state index contributed by atoms with van der Waals surface area (Å²) in [6.07, 6.45) is 2.68. The maximum Gasteiger partial charge on any atom is 0.337 e. The molecule has 0 saturated carbocycles. The average molecular weight is 560 g/mol. The zero-order chi connectivity index (χ0) is 26.7. The Hall–Kier alpha value is -2.56. The summed E-state index contributed by atoms with van der Waals surface area (Å²) in [7, 11) is 0. The molecule has 38 heavy (non-hydrogen) atoms. The van der Waals surface area contributed by atoms with Crippen LogP contribution < -0.4 is 4.72 Å². The van der Waals surface area contributed by atoms with Crippen molar-refractivity contribution >= 4 is 35.7 Å². The van der Waals surface area contributed by atoms with Crippen molar-refractivity contribution in [3.8, 4) is 0 Å². The van der Waals surface area contributed by atoms with E-state index in [1.165, 1.54) is 12.1 Å². The van der Waals surface area contributed by atoms with Crippen LogP contribution in [-0.4, -0.2) is 67.1 Å². The largest absolute Gasteiger partial charge is 0.464 e. The zero-order valence-corrected chi connectivity index (χ0v) is 23.1. The molecular weight excluding hydrogens is 526 g/mol. The molecule has 0 aromatic heterocycles. The summed E-state index contributed by atoms with van der Waals surface area (Å²) >= 11 is 7.92. The molecule has 2 aliphatic heterocycles. The second-order valence-corrected chi connectivity index (χ2v) is 10.5. The first-order chi connectivity index (χ1) is 18.5. The van der Waals surface area contributed by atoms with Gasteiger partial charge in [-0.1, -0.05) is 54.1 Å². The first-order valence-electron chi connectivity index (χ1n) is 12.8. The van der Waals surface area contributed by atoms with Gasteiger partial charge in [-0.2, -0.15) is 0 Å². The molecule has 2 aromatic carbocycles. The van der Waals surface area contributed by atoms with E-state index in [0.29, 0.717) is 36.6 Å². The minimum Gasteiger partial charge on any atom is -0.464 e. The first-order valence-corrected chi connectivity index (χ1v) is 14.0. The highest BCUT2D eigenvalue weighted by Crippen LogP contribution is 2.35. The van der Waals surface area contributed by atoms with Crippen LogP contribution in [0.3, 0.4) is 0 Å². The van der Waals surface area contributed by atoms with E-state index in [4.69, 9.17) is 25.8 Å². The Balaban J connectivity index is 1.33. The highest BCUT2D eigenvalue weighted by atomic mass is 35.5. The van der Waals surface area contributed by atoms with E-state index in [0.717, 1.165) is 49.5 Å². The zero-order valence-electron chi connectivity index (χ0n) is 21.6. The van der Waals surface area contributed by atoms with Crippen LogP contribution in [0.1, 0.15) is 35.6 Å². The van der Waals surface area contributed by atoms with E-state index >= 15 is 0 Å². The average Bonchev–Trinajstić information content (AvgIpc) is 2.93. The lowest BCUT2D eigenvalue weighted by molar-refractivity contribution is -0.144. The molecule has 0 spiro atoms. The fourth-order valence-electron chi connectivity index (χ4n) is 4.19. The van der Waals surface area contributed by atoms with Crippen molar-refractivity contribution in [2.75, 3.05) is 46.0 Å². The predicted octanol–water partition coefficient (Wildman–Crippen LogP) is 4.44. The van der Waals surface area contributed by atoms with Gasteiger partial charge in [0.15, 0.2) is 0 Å². The number of aryl methyl sites for hydroxylation is 1. The molecule has 4 rings (SSSR count). The monoisotopic (exact) mass is 559 g/mol. The van der Waals surface area contributed by atoms with Gasteiger partial charge in [-0.15, -0.1) is 0 Å². The topological polar surface area (TPSA) is 80.3 Å². The highest BCUT2D eigenvalue weighted by Gasteiger charge is 2.31. The Labute approximate surface area is 233 Å². The lowest BCUT2D eigenvalue weighted by Gasteiger charge is -2.31. The molecular formula is C28H34ClN3O5S. The van der Waals surface area contributed by atoms with E-state index < -0.39 is 12.0 Å². The summed E-state index contributed by atoms with van der Waals surface area (Å²) in [5.41, 5.74) is 3.21. The predicted molar refractivity (Wildman–Crippen MR) is 148 cm³/mol. The molecule has 0 bridgehead atoms. The van der Waals surface area contributed by atoms with Crippen LogP contribution in [0.15, 0.2) is 60.3 Å². The second-order valence-electron chi connectivity index (χ2n) is 9.23. The summed E-state index contributed by atoms with van der Waals surface area (Å²) in [6.45, 7) is 7.00. The van der Waals surface area contributed by atoms with E-state index in [-0.39, 0.29) is 12.6 Å². The maximum atomic E-state index is 13.2. The van der Waals surface area contributed by atoms with Gasteiger partial charge in [0.1, 0.15) is 13.2 Å². The Morgan fingerprint density at radius 3 is 2.66 bits per heavy atom. The third-order valence-corrected chi connectivity index (χ3v) is 7.52. The van der Waals surface area contributed by atoms with Crippen LogP contribution in [0, 0.1) is 6.92 Å². The summed E-state index contributed by atoms with van der Waals surface area (Å²) in [5.74, 6) is -0.639. The quantitative estimate of drug-likeness (QED) is 0.317. The number of nitrogens with zero attached hydrogens (tertiary/aromatic N) is 2. The Kier molecular flexibility index (Phi) is 10.9. The molecule has 204 valence electrons. The van der Waals surface area contributed by atoms with Gasteiger partial charge in [0.25, 0.3) is 0 Å².